The normalized spacial score (nSPS) is 56.6. The Bertz CT molecular complexity index is 1010. The highest BCUT2D eigenvalue weighted by Gasteiger charge is 2.66. The van der Waals surface area contributed by atoms with E-state index in [0.717, 1.165) is 49.9 Å². The Morgan fingerprint density at radius 1 is 0.923 bits per heavy atom. The van der Waals surface area contributed by atoms with Gasteiger partial charge in [-0.1, -0.05) is 59.1 Å². The Morgan fingerprint density at radius 3 is 2.49 bits per heavy atom. The number of rotatable bonds is 3. The first kappa shape index (κ1) is 27.4. The van der Waals surface area contributed by atoms with Gasteiger partial charge in [-0.2, -0.15) is 0 Å². The van der Waals surface area contributed by atoms with Gasteiger partial charge in [0.15, 0.2) is 0 Å². The number of aliphatic hydroxyl groups is 3. The van der Waals surface area contributed by atoms with Crippen molar-refractivity contribution >= 4 is 0 Å². The van der Waals surface area contributed by atoms with Crippen LogP contribution in [0.5, 0.6) is 0 Å². The number of hydrogen-bond donors (Lipinski definition) is 3. The minimum Gasteiger partial charge on any atom is -0.394 e. The zero-order valence-corrected chi connectivity index (χ0v) is 25.1. The third kappa shape index (κ3) is 3.81. The van der Waals surface area contributed by atoms with Gasteiger partial charge in [0, 0.05) is 5.41 Å². The second-order valence-electron chi connectivity index (χ2n) is 16.6. The summed E-state index contributed by atoms with van der Waals surface area (Å²) in [5.41, 5.74) is 2.38. The predicted molar refractivity (Wildman–Crippen MR) is 151 cm³/mol. The molecule has 7 rings (SSSR count). The summed E-state index contributed by atoms with van der Waals surface area (Å²) in [7, 11) is 0. The topological polar surface area (TPSA) is 82.5 Å². The molecule has 0 spiro atoms. The zero-order chi connectivity index (χ0) is 27.5. The van der Waals surface area contributed by atoms with Gasteiger partial charge in [-0.3, -0.25) is 0 Å². The molecule has 0 aromatic carbocycles. The quantitative estimate of drug-likeness (QED) is 0.317. The molecule has 220 valence electrons. The molecule has 14 atom stereocenters. The molecule has 5 heteroatoms. The molecule has 5 nitrogen and oxygen atoms in total. The van der Waals surface area contributed by atoms with Gasteiger partial charge in [0.2, 0.25) is 0 Å². The van der Waals surface area contributed by atoms with Crippen molar-refractivity contribution in [2.75, 3.05) is 6.61 Å². The smallest absolute Gasteiger partial charge is 0.115 e. The molecule has 3 N–H and O–H groups in total. The summed E-state index contributed by atoms with van der Waals surface area (Å²) in [6.45, 7) is 12.5. The molecule has 6 fully saturated rings. The van der Waals surface area contributed by atoms with Crippen molar-refractivity contribution in [3.05, 3.63) is 11.6 Å². The van der Waals surface area contributed by atoms with Crippen LogP contribution >= 0.6 is 0 Å². The summed E-state index contributed by atoms with van der Waals surface area (Å²) in [6, 6.07) is 0. The first-order chi connectivity index (χ1) is 18.4. The van der Waals surface area contributed by atoms with Crippen LogP contribution in [0.4, 0.5) is 0 Å². The second-order valence-corrected chi connectivity index (χ2v) is 16.6. The lowest BCUT2D eigenvalue weighted by Gasteiger charge is -2.67. The molecular weight excluding hydrogens is 488 g/mol. The molecule has 2 heterocycles. The molecular formula is C34H54O5. The van der Waals surface area contributed by atoms with Crippen molar-refractivity contribution in [2.24, 2.45) is 51.2 Å². The predicted octanol–water partition coefficient (Wildman–Crippen LogP) is 5.65. The SMILES string of the molecule is CC1CCCC2(C)C1CCC1(C)C3CCC4(C(O)C5OC(CO)C6OC6C5O)CCC(C)(C)CC4C3=CCC12. The van der Waals surface area contributed by atoms with E-state index in [9.17, 15) is 15.3 Å². The van der Waals surface area contributed by atoms with Gasteiger partial charge >= 0.3 is 0 Å². The average molecular weight is 543 g/mol. The molecule has 0 bridgehead atoms. The van der Waals surface area contributed by atoms with Gasteiger partial charge in [0.25, 0.3) is 0 Å². The van der Waals surface area contributed by atoms with E-state index >= 15 is 0 Å². The lowest BCUT2D eigenvalue weighted by molar-refractivity contribution is -0.210. The van der Waals surface area contributed by atoms with Crippen LogP contribution in [0.25, 0.3) is 0 Å². The molecule has 7 aliphatic rings. The van der Waals surface area contributed by atoms with Crippen molar-refractivity contribution in [3.8, 4) is 0 Å². The number of aliphatic hydroxyl groups excluding tert-OH is 3. The lowest BCUT2D eigenvalue weighted by Crippen LogP contribution is -2.63. The van der Waals surface area contributed by atoms with Crippen LogP contribution in [0.3, 0.4) is 0 Å². The van der Waals surface area contributed by atoms with E-state index < -0.39 is 24.4 Å². The Kier molecular flexibility index (Phi) is 6.33. The molecule has 14 unspecified atom stereocenters. The summed E-state index contributed by atoms with van der Waals surface area (Å²) in [5, 5.41) is 33.3. The highest BCUT2D eigenvalue weighted by atomic mass is 16.7. The first-order valence-corrected chi connectivity index (χ1v) is 16.4. The molecule has 0 aromatic heterocycles. The molecule has 4 saturated carbocycles. The summed E-state index contributed by atoms with van der Waals surface area (Å²) >= 11 is 0. The van der Waals surface area contributed by atoms with E-state index in [1.807, 2.05) is 0 Å². The first-order valence-electron chi connectivity index (χ1n) is 16.4. The van der Waals surface area contributed by atoms with Gasteiger partial charge in [0.1, 0.15) is 30.5 Å². The highest BCUT2D eigenvalue weighted by Crippen LogP contribution is 2.71. The maximum Gasteiger partial charge on any atom is 0.115 e. The van der Waals surface area contributed by atoms with Crippen molar-refractivity contribution in [3.63, 3.8) is 0 Å². The van der Waals surface area contributed by atoms with Gasteiger partial charge in [-0.25, -0.2) is 0 Å². The lowest BCUT2D eigenvalue weighted by atomic mass is 9.38. The van der Waals surface area contributed by atoms with E-state index in [1.165, 1.54) is 38.5 Å². The molecule has 2 saturated heterocycles. The van der Waals surface area contributed by atoms with E-state index in [4.69, 9.17) is 9.47 Å². The fraction of sp³-hybridized carbons (Fsp3) is 0.941. The van der Waals surface area contributed by atoms with Crippen LogP contribution in [0.1, 0.15) is 105 Å². The van der Waals surface area contributed by atoms with Crippen LogP contribution in [-0.2, 0) is 9.47 Å². The standard InChI is InChI=1S/C34H54O5/c1-19-7-6-12-32(4)21(19)10-13-33(5)22-11-14-34(30(37)29-26(36)28-27(39-28)24(18-35)38-29)16-15-31(2,3)17-23(34)20(22)8-9-25(32)33/h8,19,21-30,35-37H,6-7,9-18H2,1-5H3. The maximum atomic E-state index is 12.2. The van der Waals surface area contributed by atoms with Gasteiger partial charge in [-0.15, -0.1) is 0 Å². The fourth-order valence-corrected chi connectivity index (χ4v) is 12.2. The van der Waals surface area contributed by atoms with Crippen molar-refractivity contribution in [1.29, 1.82) is 0 Å². The fourth-order valence-electron chi connectivity index (χ4n) is 12.2. The summed E-state index contributed by atoms with van der Waals surface area (Å²) in [4.78, 5) is 0. The van der Waals surface area contributed by atoms with E-state index in [0.29, 0.717) is 22.7 Å². The molecule has 5 aliphatic carbocycles. The molecule has 2 aliphatic heterocycles. The van der Waals surface area contributed by atoms with Gasteiger partial charge in [0.05, 0.1) is 12.7 Å². The third-order valence-electron chi connectivity index (χ3n) is 14.3. The van der Waals surface area contributed by atoms with Crippen molar-refractivity contribution in [2.45, 2.75) is 142 Å². The minimum atomic E-state index is -0.832. The molecule has 0 amide bonds. The largest absolute Gasteiger partial charge is 0.394 e. The molecule has 0 radical (unpaired) electrons. The minimum absolute atomic E-state index is 0.133. The second kappa shape index (κ2) is 9.02. The Morgan fingerprint density at radius 2 is 1.72 bits per heavy atom. The molecule has 39 heavy (non-hydrogen) atoms. The third-order valence-corrected chi connectivity index (χ3v) is 14.3. The number of epoxide rings is 1. The Labute approximate surface area is 236 Å². The van der Waals surface area contributed by atoms with Crippen LogP contribution < -0.4 is 0 Å². The van der Waals surface area contributed by atoms with Crippen LogP contribution in [0, 0.1) is 51.2 Å². The summed E-state index contributed by atoms with van der Waals surface area (Å²) < 4.78 is 11.9. The van der Waals surface area contributed by atoms with E-state index in [-0.39, 0.29) is 29.6 Å². The Balaban J connectivity index is 1.24. The van der Waals surface area contributed by atoms with Gasteiger partial charge in [-0.05, 0) is 104 Å². The van der Waals surface area contributed by atoms with Crippen LogP contribution in [-0.4, -0.2) is 58.6 Å². The van der Waals surface area contributed by atoms with Gasteiger partial charge < -0.3 is 24.8 Å². The maximum absolute atomic E-state index is 12.2. The summed E-state index contributed by atoms with van der Waals surface area (Å²) in [5.74, 6) is 3.41. The Hall–Kier alpha value is -0.460. The van der Waals surface area contributed by atoms with Crippen LogP contribution in [0.15, 0.2) is 11.6 Å². The number of allylic oxidation sites excluding steroid dienone is 2. The van der Waals surface area contributed by atoms with Crippen LogP contribution in [0.2, 0.25) is 0 Å². The number of fused-ring (bicyclic) bond motifs is 8. The van der Waals surface area contributed by atoms with E-state index in [2.05, 4.69) is 40.7 Å². The highest BCUT2D eigenvalue weighted by molar-refractivity contribution is 5.30. The average Bonchev–Trinajstić information content (AvgIpc) is 3.70. The number of hydrogen-bond acceptors (Lipinski definition) is 5. The van der Waals surface area contributed by atoms with E-state index in [1.54, 1.807) is 5.57 Å². The molecule has 0 aromatic rings. The van der Waals surface area contributed by atoms with Crippen molar-refractivity contribution < 1.29 is 24.8 Å². The monoisotopic (exact) mass is 542 g/mol. The number of ether oxygens (including phenoxy) is 2. The summed E-state index contributed by atoms with van der Waals surface area (Å²) in [6.07, 6.45) is 12.8. The zero-order valence-electron chi connectivity index (χ0n) is 25.1. The van der Waals surface area contributed by atoms with Crippen molar-refractivity contribution in [1.82, 2.24) is 0 Å².